The van der Waals surface area contributed by atoms with Crippen LogP contribution in [0.5, 0.6) is 5.75 Å². The van der Waals surface area contributed by atoms with Crippen LogP contribution < -0.4 is 15.4 Å². The van der Waals surface area contributed by atoms with Gasteiger partial charge in [-0.1, -0.05) is 12.1 Å². The van der Waals surface area contributed by atoms with E-state index in [4.69, 9.17) is 4.74 Å². The summed E-state index contributed by atoms with van der Waals surface area (Å²) in [6.07, 6.45) is 0.691. The third-order valence-electron chi connectivity index (χ3n) is 2.50. The first-order valence-corrected chi connectivity index (χ1v) is 6.84. The Hall–Kier alpha value is -1.55. The van der Waals surface area contributed by atoms with Crippen LogP contribution in [0.3, 0.4) is 0 Å². The zero-order valence-electron chi connectivity index (χ0n) is 12.0. The van der Waals surface area contributed by atoms with E-state index in [-0.39, 0.29) is 12.0 Å². The van der Waals surface area contributed by atoms with Crippen LogP contribution in [0.4, 0.5) is 0 Å². The van der Waals surface area contributed by atoms with Gasteiger partial charge in [-0.2, -0.15) is 0 Å². The van der Waals surface area contributed by atoms with E-state index in [9.17, 15) is 4.79 Å². The molecule has 0 heterocycles. The van der Waals surface area contributed by atoms with Crippen LogP contribution in [0.25, 0.3) is 0 Å². The molecule has 0 aliphatic rings. The molecule has 106 valence electrons. The van der Waals surface area contributed by atoms with E-state index in [1.807, 2.05) is 45.0 Å². The van der Waals surface area contributed by atoms with Crippen LogP contribution in [0.1, 0.15) is 32.8 Å². The molecule has 4 nitrogen and oxygen atoms in total. The highest BCUT2D eigenvalue weighted by molar-refractivity contribution is 5.75. The van der Waals surface area contributed by atoms with Gasteiger partial charge in [0, 0.05) is 26.1 Å². The molecule has 0 spiro atoms. The fourth-order valence-electron chi connectivity index (χ4n) is 1.72. The summed E-state index contributed by atoms with van der Waals surface area (Å²) in [6.45, 7) is 8.06. The standard InChI is InChI=1S/C15H24N2O2/c1-4-17-15(18)8-9-16-11-13-6-5-7-14(10-13)19-12(2)3/h5-7,10,12,16H,4,8-9,11H2,1-3H3,(H,17,18). The summed E-state index contributed by atoms with van der Waals surface area (Å²) in [7, 11) is 0. The average molecular weight is 264 g/mol. The Bertz CT molecular complexity index is 391. The fourth-order valence-corrected chi connectivity index (χ4v) is 1.72. The first kappa shape index (κ1) is 15.5. The van der Waals surface area contributed by atoms with Crippen molar-refractivity contribution in [3.63, 3.8) is 0 Å². The Labute approximate surface area is 115 Å². The summed E-state index contributed by atoms with van der Waals surface area (Å²) in [6, 6.07) is 8.02. The van der Waals surface area contributed by atoms with E-state index in [2.05, 4.69) is 10.6 Å². The number of ether oxygens (including phenoxy) is 1. The molecule has 0 aliphatic heterocycles. The smallest absolute Gasteiger partial charge is 0.221 e. The summed E-state index contributed by atoms with van der Waals surface area (Å²) >= 11 is 0. The van der Waals surface area contributed by atoms with E-state index in [1.165, 1.54) is 0 Å². The number of carbonyl (C=O) groups is 1. The Kier molecular flexibility index (Phi) is 6.97. The predicted molar refractivity (Wildman–Crippen MR) is 77.2 cm³/mol. The van der Waals surface area contributed by atoms with Gasteiger partial charge in [-0.05, 0) is 38.5 Å². The third-order valence-corrected chi connectivity index (χ3v) is 2.50. The molecule has 1 rings (SSSR count). The molecule has 2 N–H and O–H groups in total. The van der Waals surface area contributed by atoms with Crippen molar-refractivity contribution in [2.24, 2.45) is 0 Å². The van der Waals surface area contributed by atoms with E-state index >= 15 is 0 Å². The molecular formula is C15H24N2O2. The molecule has 0 unspecified atom stereocenters. The molecule has 0 radical (unpaired) electrons. The van der Waals surface area contributed by atoms with Gasteiger partial charge in [-0.25, -0.2) is 0 Å². The molecular weight excluding hydrogens is 240 g/mol. The molecule has 0 aliphatic carbocycles. The van der Waals surface area contributed by atoms with Crippen LogP contribution in [-0.2, 0) is 11.3 Å². The lowest BCUT2D eigenvalue weighted by molar-refractivity contribution is -0.120. The summed E-state index contributed by atoms with van der Waals surface area (Å²) in [5, 5.41) is 6.03. The average Bonchev–Trinajstić information content (AvgIpc) is 2.35. The van der Waals surface area contributed by atoms with Crippen LogP contribution in [0.15, 0.2) is 24.3 Å². The molecule has 0 saturated heterocycles. The molecule has 0 saturated carbocycles. The lowest BCUT2D eigenvalue weighted by Crippen LogP contribution is -2.27. The van der Waals surface area contributed by atoms with Gasteiger partial charge in [-0.3, -0.25) is 4.79 Å². The van der Waals surface area contributed by atoms with Crippen molar-refractivity contribution in [1.29, 1.82) is 0 Å². The monoisotopic (exact) mass is 264 g/mol. The second kappa shape index (κ2) is 8.53. The highest BCUT2D eigenvalue weighted by Gasteiger charge is 2.01. The van der Waals surface area contributed by atoms with Gasteiger partial charge >= 0.3 is 0 Å². The van der Waals surface area contributed by atoms with Crippen LogP contribution in [0.2, 0.25) is 0 Å². The molecule has 19 heavy (non-hydrogen) atoms. The number of amides is 1. The van der Waals surface area contributed by atoms with E-state index < -0.39 is 0 Å². The number of benzene rings is 1. The minimum absolute atomic E-state index is 0.0897. The van der Waals surface area contributed by atoms with Crippen LogP contribution in [0, 0.1) is 0 Å². The maximum atomic E-state index is 11.3. The first-order valence-electron chi connectivity index (χ1n) is 6.84. The Morgan fingerprint density at radius 3 is 2.84 bits per heavy atom. The highest BCUT2D eigenvalue weighted by Crippen LogP contribution is 2.14. The topological polar surface area (TPSA) is 50.4 Å². The highest BCUT2D eigenvalue weighted by atomic mass is 16.5. The molecule has 1 aromatic rings. The summed E-state index contributed by atoms with van der Waals surface area (Å²) in [5.74, 6) is 0.977. The van der Waals surface area contributed by atoms with E-state index in [0.29, 0.717) is 19.5 Å². The van der Waals surface area contributed by atoms with E-state index in [0.717, 1.165) is 17.9 Å². The summed E-state index contributed by atoms with van der Waals surface area (Å²) in [5.41, 5.74) is 1.16. The second-order valence-corrected chi connectivity index (χ2v) is 4.69. The molecule has 0 atom stereocenters. The van der Waals surface area contributed by atoms with Gasteiger partial charge in [0.25, 0.3) is 0 Å². The molecule has 4 heteroatoms. The zero-order valence-corrected chi connectivity index (χ0v) is 12.0. The van der Waals surface area contributed by atoms with Crippen molar-refractivity contribution in [1.82, 2.24) is 10.6 Å². The molecule has 1 aromatic carbocycles. The van der Waals surface area contributed by atoms with Crippen molar-refractivity contribution in [2.45, 2.75) is 39.8 Å². The number of nitrogens with one attached hydrogen (secondary N) is 2. The SMILES string of the molecule is CCNC(=O)CCNCc1cccc(OC(C)C)c1. The quantitative estimate of drug-likeness (QED) is 0.707. The maximum Gasteiger partial charge on any atom is 0.221 e. The van der Waals surface area contributed by atoms with Crippen molar-refractivity contribution < 1.29 is 9.53 Å². The summed E-state index contributed by atoms with van der Waals surface area (Å²) in [4.78, 5) is 11.3. The minimum atomic E-state index is 0.0897. The number of rotatable bonds is 8. The van der Waals surface area contributed by atoms with Crippen molar-refractivity contribution in [3.8, 4) is 5.75 Å². The van der Waals surface area contributed by atoms with Gasteiger partial charge < -0.3 is 15.4 Å². The Morgan fingerprint density at radius 1 is 1.37 bits per heavy atom. The van der Waals surface area contributed by atoms with E-state index in [1.54, 1.807) is 0 Å². The van der Waals surface area contributed by atoms with Gasteiger partial charge in [0.1, 0.15) is 5.75 Å². The molecule has 1 amide bonds. The number of hydrogen-bond acceptors (Lipinski definition) is 3. The van der Waals surface area contributed by atoms with Crippen LogP contribution >= 0.6 is 0 Å². The number of carbonyl (C=O) groups excluding carboxylic acids is 1. The zero-order chi connectivity index (χ0) is 14.1. The Balaban J connectivity index is 2.31. The largest absolute Gasteiger partial charge is 0.491 e. The molecule has 0 aromatic heterocycles. The van der Waals surface area contributed by atoms with Crippen molar-refractivity contribution >= 4 is 5.91 Å². The molecule has 0 bridgehead atoms. The second-order valence-electron chi connectivity index (χ2n) is 4.69. The van der Waals surface area contributed by atoms with Gasteiger partial charge in [-0.15, -0.1) is 0 Å². The predicted octanol–water partition coefficient (Wildman–Crippen LogP) is 2.09. The lowest BCUT2D eigenvalue weighted by atomic mass is 10.2. The first-order chi connectivity index (χ1) is 9.11. The number of hydrogen-bond donors (Lipinski definition) is 2. The van der Waals surface area contributed by atoms with Crippen LogP contribution in [-0.4, -0.2) is 25.1 Å². The summed E-state index contributed by atoms with van der Waals surface area (Å²) < 4.78 is 5.64. The fraction of sp³-hybridized carbons (Fsp3) is 0.533. The van der Waals surface area contributed by atoms with Crippen molar-refractivity contribution in [3.05, 3.63) is 29.8 Å². The van der Waals surface area contributed by atoms with Gasteiger partial charge in [0.05, 0.1) is 6.10 Å². The van der Waals surface area contributed by atoms with Gasteiger partial charge in [0.2, 0.25) is 5.91 Å². The maximum absolute atomic E-state index is 11.3. The normalized spacial score (nSPS) is 10.5. The minimum Gasteiger partial charge on any atom is -0.491 e. The molecule has 0 fully saturated rings. The Morgan fingerprint density at radius 2 is 2.16 bits per heavy atom. The van der Waals surface area contributed by atoms with Gasteiger partial charge in [0.15, 0.2) is 0 Å². The third kappa shape index (κ3) is 6.82. The van der Waals surface area contributed by atoms with Crippen molar-refractivity contribution in [2.75, 3.05) is 13.1 Å². The lowest BCUT2D eigenvalue weighted by Gasteiger charge is -2.11.